The third kappa shape index (κ3) is 3.92. The predicted octanol–water partition coefficient (Wildman–Crippen LogP) is 2.68. The predicted molar refractivity (Wildman–Crippen MR) is 99.5 cm³/mol. The highest BCUT2D eigenvalue weighted by Gasteiger charge is 2.43. The Morgan fingerprint density at radius 1 is 1.16 bits per heavy atom. The minimum absolute atomic E-state index is 0.0152. The Bertz CT molecular complexity index is 544. The largest absolute Gasteiger partial charge is 0.381 e. The lowest BCUT2D eigenvalue weighted by Crippen LogP contribution is -2.50. The molecule has 4 heteroatoms. The number of nitrogens with one attached hydrogen (secondary N) is 1. The summed E-state index contributed by atoms with van der Waals surface area (Å²) >= 11 is 0. The van der Waals surface area contributed by atoms with E-state index in [4.69, 9.17) is 9.47 Å². The third-order valence-corrected chi connectivity index (χ3v) is 6.70. The van der Waals surface area contributed by atoms with Crippen molar-refractivity contribution in [1.29, 1.82) is 0 Å². The topological polar surface area (TPSA) is 33.7 Å². The first-order valence-electron chi connectivity index (χ1n) is 9.91. The van der Waals surface area contributed by atoms with Crippen LogP contribution in [0.5, 0.6) is 0 Å². The van der Waals surface area contributed by atoms with E-state index < -0.39 is 0 Å². The average Bonchev–Trinajstić information content (AvgIpc) is 3.22. The Balaban J connectivity index is 1.31. The molecule has 1 aliphatic carbocycles. The fraction of sp³-hybridized carbons (Fsp3) is 0.714. The Kier molecular flexibility index (Phi) is 5.41. The maximum absolute atomic E-state index is 5.90. The number of rotatable bonds is 6. The minimum Gasteiger partial charge on any atom is -0.381 e. The molecule has 1 aromatic carbocycles. The van der Waals surface area contributed by atoms with E-state index in [-0.39, 0.29) is 5.60 Å². The van der Waals surface area contributed by atoms with E-state index in [0.29, 0.717) is 6.04 Å². The highest BCUT2D eigenvalue weighted by molar-refractivity contribution is 5.15. The zero-order valence-corrected chi connectivity index (χ0v) is 15.5. The van der Waals surface area contributed by atoms with Crippen LogP contribution in [0.2, 0.25) is 0 Å². The van der Waals surface area contributed by atoms with Crippen LogP contribution in [0, 0.1) is 11.8 Å². The van der Waals surface area contributed by atoms with Gasteiger partial charge in [0.05, 0.1) is 5.60 Å². The van der Waals surface area contributed by atoms with Crippen LogP contribution in [-0.2, 0) is 16.0 Å². The molecular weight excluding hydrogens is 312 g/mol. The fourth-order valence-electron chi connectivity index (χ4n) is 5.10. The number of methoxy groups -OCH3 is 1. The lowest BCUT2D eigenvalue weighted by atomic mass is 9.92. The van der Waals surface area contributed by atoms with Gasteiger partial charge in [-0.3, -0.25) is 4.90 Å². The standard InChI is InChI=1S/C21H32N2O2/c1-24-21(9-11-25-12-10-21)16-22-20-8-7-18-14-23(15-19(18)20)13-17-5-3-2-4-6-17/h2-6,18-20,22H,7-16H2,1H3/t18-,19+,20+/m0/s1. The number of nitrogens with zero attached hydrogens (tertiary/aromatic N) is 1. The van der Waals surface area contributed by atoms with Gasteiger partial charge in [-0.25, -0.2) is 0 Å². The van der Waals surface area contributed by atoms with Crippen molar-refractivity contribution < 1.29 is 9.47 Å². The second-order valence-electron chi connectivity index (χ2n) is 8.17. The van der Waals surface area contributed by atoms with Crippen LogP contribution in [-0.4, -0.2) is 56.5 Å². The minimum atomic E-state index is -0.0152. The van der Waals surface area contributed by atoms with Crippen LogP contribution >= 0.6 is 0 Å². The summed E-state index contributed by atoms with van der Waals surface area (Å²) < 4.78 is 11.4. The molecule has 2 aliphatic heterocycles. The van der Waals surface area contributed by atoms with Crippen LogP contribution in [0.1, 0.15) is 31.2 Å². The van der Waals surface area contributed by atoms with E-state index in [0.717, 1.165) is 51.0 Å². The number of hydrogen-bond acceptors (Lipinski definition) is 4. The lowest BCUT2D eigenvalue weighted by molar-refractivity contribution is -0.0890. The molecule has 0 radical (unpaired) electrons. The Morgan fingerprint density at radius 3 is 2.72 bits per heavy atom. The van der Waals surface area contributed by atoms with Crippen LogP contribution in [0.15, 0.2) is 30.3 Å². The summed E-state index contributed by atoms with van der Waals surface area (Å²) in [6, 6.07) is 11.5. The number of ether oxygens (including phenoxy) is 2. The van der Waals surface area contributed by atoms with Crippen molar-refractivity contribution >= 4 is 0 Å². The molecule has 0 unspecified atom stereocenters. The van der Waals surface area contributed by atoms with Crippen molar-refractivity contribution in [2.75, 3.05) is 40.0 Å². The Hall–Kier alpha value is -0.940. The van der Waals surface area contributed by atoms with E-state index in [1.54, 1.807) is 0 Å². The van der Waals surface area contributed by atoms with Crippen molar-refractivity contribution in [3.05, 3.63) is 35.9 Å². The summed E-state index contributed by atoms with van der Waals surface area (Å²) in [5.41, 5.74) is 1.42. The molecule has 0 bridgehead atoms. The Morgan fingerprint density at radius 2 is 1.96 bits per heavy atom. The maximum atomic E-state index is 5.90. The molecule has 0 spiro atoms. The monoisotopic (exact) mass is 344 g/mol. The first-order valence-corrected chi connectivity index (χ1v) is 9.91. The summed E-state index contributed by atoms with van der Waals surface area (Å²) in [6.07, 6.45) is 4.72. The summed E-state index contributed by atoms with van der Waals surface area (Å²) in [5.74, 6) is 1.67. The molecule has 4 rings (SSSR count). The van der Waals surface area contributed by atoms with Gasteiger partial charge in [0.2, 0.25) is 0 Å². The van der Waals surface area contributed by atoms with Crippen LogP contribution in [0.4, 0.5) is 0 Å². The van der Waals surface area contributed by atoms with Crippen LogP contribution < -0.4 is 5.32 Å². The molecule has 0 aromatic heterocycles. The molecule has 3 atom stereocenters. The maximum Gasteiger partial charge on any atom is 0.0846 e. The molecular formula is C21H32N2O2. The van der Waals surface area contributed by atoms with Gasteiger partial charge in [0.15, 0.2) is 0 Å². The van der Waals surface area contributed by atoms with Gasteiger partial charge in [-0.05, 0) is 30.2 Å². The van der Waals surface area contributed by atoms with Gasteiger partial charge in [-0.1, -0.05) is 30.3 Å². The molecule has 4 nitrogen and oxygen atoms in total. The molecule has 25 heavy (non-hydrogen) atoms. The van der Waals surface area contributed by atoms with E-state index in [1.165, 1.54) is 31.5 Å². The van der Waals surface area contributed by atoms with Gasteiger partial charge in [-0.2, -0.15) is 0 Å². The van der Waals surface area contributed by atoms with Gasteiger partial charge < -0.3 is 14.8 Å². The quantitative estimate of drug-likeness (QED) is 0.860. The summed E-state index contributed by atoms with van der Waals surface area (Å²) in [5, 5.41) is 3.89. The molecule has 138 valence electrons. The lowest BCUT2D eigenvalue weighted by Gasteiger charge is -2.37. The van der Waals surface area contributed by atoms with Crippen LogP contribution in [0.3, 0.4) is 0 Å². The normalized spacial score (nSPS) is 32.0. The fourth-order valence-corrected chi connectivity index (χ4v) is 5.10. The van der Waals surface area contributed by atoms with E-state index in [1.807, 2.05) is 7.11 Å². The van der Waals surface area contributed by atoms with Gasteiger partial charge in [0, 0.05) is 65.4 Å². The smallest absolute Gasteiger partial charge is 0.0846 e. The van der Waals surface area contributed by atoms with E-state index in [2.05, 4.69) is 40.5 Å². The molecule has 1 aromatic rings. The van der Waals surface area contributed by atoms with Crippen molar-refractivity contribution in [2.24, 2.45) is 11.8 Å². The van der Waals surface area contributed by atoms with Gasteiger partial charge in [-0.15, -0.1) is 0 Å². The van der Waals surface area contributed by atoms with Gasteiger partial charge in [0.1, 0.15) is 0 Å². The zero-order valence-electron chi connectivity index (χ0n) is 15.5. The van der Waals surface area contributed by atoms with E-state index in [9.17, 15) is 0 Å². The number of likely N-dealkylation sites (tertiary alicyclic amines) is 1. The average molecular weight is 344 g/mol. The van der Waals surface area contributed by atoms with Crippen molar-refractivity contribution in [2.45, 2.75) is 43.9 Å². The highest BCUT2D eigenvalue weighted by Crippen LogP contribution is 2.39. The van der Waals surface area contributed by atoms with Crippen molar-refractivity contribution in [1.82, 2.24) is 10.2 Å². The molecule has 2 heterocycles. The van der Waals surface area contributed by atoms with Gasteiger partial charge >= 0.3 is 0 Å². The van der Waals surface area contributed by atoms with Crippen molar-refractivity contribution in [3.63, 3.8) is 0 Å². The summed E-state index contributed by atoms with van der Waals surface area (Å²) in [7, 11) is 1.86. The number of hydrogen-bond donors (Lipinski definition) is 1. The Labute approximate surface area is 151 Å². The molecule has 0 amide bonds. The van der Waals surface area contributed by atoms with Gasteiger partial charge in [0.25, 0.3) is 0 Å². The zero-order chi connectivity index (χ0) is 17.1. The van der Waals surface area contributed by atoms with Crippen LogP contribution in [0.25, 0.3) is 0 Å². The van der Waals surface area contributed by atoms with Crippen molar-refractivity contribution in [3.8, 4) is 0 Å². The number of benzene rings is 1. The number of fused-ring (bicyclic) bond motifs is 1. The molecule has 2 saturated heterocycles. The molecule has 1 saturated carbocycles. The highest BCUT2D eigenvalue weighted by atomic mass is 16.5. The van der Waals surface area contributed by atoms with E-state index >= 15 is 0 Å². The SMILES string of the molecule is COC1(CN[C@@H]2CC[C@H]3CN(Cc4ccccc4)C[C@H]32)CCOCC1. The third-order valence-electron chi connectivity index (χ3n) is 6.70. The first-order chi connectivity index (χ1) is 12.3. The molecule has 1 N–H and O–H groups in total. The molecule has 3 aliphatic rings. The second kappa shape index (κ2) is 7.75. The summed E-state index contributed by atoms with van der Waals surface area (Å²) in [6.45, 7) is 6.23. The summed E-state index contributed by atoms with van der Waals surface area (Å²) in [4.78, 5) is 2.65. The molecule has 3 fully saturated rings. The first kappa shape index (κ1) is 17.5. The second-order valence-corrected chi connectivity index (χ2v) is 8.17.